The smallest absolute Gasteiger partial charge is 0.157 e. The number of rotatable bonds is 7. The van der Waals surface area contributed by atoms with E-state index in [-0.39, 0.29) is 6.10 Å². The van der Waals surface area contributed by atoms with Crippen LogP contribution in [0.25, 0.3) is 0 Å². The molecular formula is C12H23N3O. The number of hydrogen-bond acceptors (Lipinski definition) is 3. The fraction of sp³-hybridized carbons (Fsp3) is 0.750. The Bertz CT molecular complexity index is 296. The molecule has 0 radical (unpaired) electrons. The second kappa shape index (κ2) is 6.53. The third-order valence-corrected chi connectivity index (χ3v) is 2.35. The van der Waals surface area contributed by atoms with Gasteiger partial charge in [0.2, 0.25) is 0 Å². The van der Waals surface area contributed by atoms with E-state index >= 15 is 0 Å². The van der Waals surface area contributed by atoms with Gasteiger partial charge in [-0.05, 0) is 25.8 Å². The Kier molecular flexibility index (Phi) is 5.32. The molecule has 4 heteroatoms. The molecule has 0 fully saturated rings. The minimum Gasteiger partial charge on any atom is -0.486 e. The molecule has 16 heavy (non-hydrogen) atoms. The van der Waals surface area contributed by atoms with E-state index in [9.17, 15) is 0 Å². The van der Waals surface area contributed by atoms with Gasteiger partial charge in [-0.3, -0.25) is 4.68 Å². The zero-order valence-corrected chi connectivity index (χ0v) is 10.7. The molecule has 0 saturated heterocycles. The fourth-order valence-electron chi connectivity index (χ4n) is 1.43. The third kappa shape index (κ3) is 5.16. The van der Waals surface area contributed by atoms with E-state index in [0.29, 0.717) is 0 Å². The summed E-state index contributed by atoms with van der Waals surface area (Å²) < 4.78 is 7.44. The van der Waals surface area contributed by atoms with Crippen LogP contribution in [0.5, 0.6) is 5.75 Å². The SMILES string of the molecule is CC(C)CCNCC(C)Oc1cnn(C)c1. The summed E-state index contributed by atoms with van der Waals surface area (Å²) in [6.45, 7) is 8.46. The molecule has 0 saturated carbocycles. The molecule has 1 aromatic rings. The number of nitrogens with zero attached hydrogens (tertiary/aromatic N) is 2. The second-order valence-corrected chi connectivity index (χ2v) is 4.66. The molecule has 0 aromatic carbocycles. The topological polar surface area (TPSA) is 39.1 Å². The van der Waals surface area contributed by atoms with Crippen LogP contribution >= 0.6 is 0 Å². The third-order valence-electron chi connectivity index (χ3n) is 2.35. The molecule has 1 rings (SSSR count). The van der Waals surface area contributed by atoms with Crippen LogP contribution in [0, 0.1) is 5.92 Å². The Morgan fingerprint density at radius 2 is 2.19 bits per heavy atom. The lowest BCUT2D eigenvalue weighted by atomic mass is 10.1. The van der Waals surface area contributed by atoms with Crippen LogP contribution in [0.2, 0.25) is 0 Å². The van der Waals surface area contributed by atoms with Gasteiger partial charge in [-0.2, -0.15) is 5.10 Å². The van der Waals surface area contributed by atoms with Gasteiger partial charge >= 0.3 is 0 Å². The first-order chi connectivity index (χ1) is 7.58. The van der Waals surface area contributed by atoms with Gasteiger partial charge in [0.25, 0.3) is 0 Å². The quantitative estimate of drug-likeness (QED) is 0.719. The number of aromatic nitrogens is 2. The zero-order valence-electron chi connectivity index (χ0n) is 10.7. The van der Waals surface area contributed by atoms with Crippen molar-refractivity contribution in [1.82, 2.24) is 15.1 Å². The van der Waals surface area contributed by atoms with Crippen molar-refractivity contribution in [2.75, 3.05) is 13.1 Å². The maximum absolute atomic E-state index is 5.70. The first-order valence-electron chi connectivity index (χ1n) is 5.94. The Hall–Kier alpha value is -1.03. The van der Waals surface area contributed by atoms with Crippen molar-refractivity contribution in [1.29, 1.82) is 0 Å². The zero-order chi connectivity index (χ0) is 12.0. The molecule has 0 aliphatic carbocycles. The van der Waals surface area contributed by atoms with Crippen molar-refractivity contribution in [3.63, 3.8) is 0 Å². The molecule has 1 unspecified atom stereocenters. The largest absolute Gasteiger partial charge is 0.486 e. The van der Waals surface area contributed by atoms with Gasteiger partial charge in [0.15, 0.2) is 5.75 Å². The number of hydrogen-bond donors (Lipinski definition) is 1. The van der Waals surface area contributed by atoms with Gasteiger partial charge in [-0.1, -0.05) is 13.8 Å². The van der Waals surface area contributed by atoms with Gasteiger partial charge in [0.05, 0.1) is 12.4 Å². The predicted octanol–water partition coefficient (Wildman–Crippen LogP) is 1.82. The fourth-order valence-corrected chi connectivity index (χ4v) is 1.43. The summed E-state index contributed by atoms with van der Waals surface area (Å²) >= 11 is 0. The van der Waals surface area contributed by atoms with Crippen LogP contribution in [0.3, 0.4) is 0 Å². The molecule has 1 atom stereocenters. The summed E-state index contributed by atoms with van der Waals surface area (Å²) in [4.78, 5) is 0. The average molecular weight is 225 g/mol. The lowest BCUT2D eigenvalue weighted by molar-refractivity contribution is 0.216. The molecule has 0 bridgehead atoms. The van der Waals surface area contributed by atoms with E-state index in [1.54, 1.807) is 10.9 Å². The molecule has 0 aliphatic rings. The van der Waals surface area contributed by atoms with Crippen molar-refractivity contribution in [2.24, 2.45) is 13.0 Å². The molecular weight excluding hydrogens is 202 g/mol. The summed E-state index contributed by atoms with van der Waals surface area (Å²) in [6.07, 6.45) is 5.01. The van der Waals surface area contributed by atoms with Crippen LogP contribution in [0.1, 0.15) is 27.2 Å². The highest BCUT2D eigenvalue weighted by Gasteiger charge is 2.04. The van der Waals surface area contributed by atoms with Crippen molar-refractivity contribution in [2.45, 2.75) is 33.3 Å². The molecule has 1 aromatic heterocycles. The van der Waals surface area contributed by atoms with Crippen molar-refractivity contribution in [3.8, 4) is 5.75 Å². The first kappa shape index (κ1) is 13.0. The summed E-state index contributed by atoms with van der Waals surface area (Å²) in [5, 5.41) is 7.45. The maximum Gasteiger partial charge on any atom is 0.157 e. The average Bonchev–Trinajstić information content (AvgIpc) is 2.58. The first-order valence-corrected chi connectivity index (χ1v) is 5.94. The van der Waals surface area contributed by atoms with E-state index in [2.05, 4.69) is 31.2 Å². The highest BCUT2D eigenvalue weighted by atomic mass is 16.5. The lowest BCUT2D eigenvalue weighted by Gasteiger charge is -2.14. The van der Waals surface area contributed by atoms with Gasteiger partial charge in [-0.15, -0.1) is 0 Å². The highest BCUT2D eigenvalue weighted by molar-refractivity contribution is 5.11. The van der Waals surface area contributed by atoms with E-state index < -0.39 is 0 Å². The Morgan fingerprint density at radius 1 is 1.44 bits per heavy atom. The van der Waals surface area contributed by atoms with Gasteiger partial charge in [0.1, 0.15) is 6.10 Å². The monoisotopic (exact) mass is 225 g/mol. The second-order valence-electron chi connectivity index (χ2n) is 4.66. The Morgan fingerprint density at radius 3 is 2.75 bits per heavy atom. The van der Waals surface area contributed by atoms with Gasteiger partial charge < -0.3 is 10.1 Å². The summed E-state index contributed by atoms with van der Waals surface area (Å²) in [5.41, 5.74) is 0. The van der Waals surface area contributed by atoms with Crippen LogP contribution in [-0.2, 0) is 7.05 Å². The summed E-state index contributed by atoms with van der Waals surface area (Å²) in [5.74, 6) is 1.59. The van der Waals surface area contributed by atoms with Crippen molar-refractivity contribution >= 4 is 0 Å². The summed E-state index contributed by atoms with van der Waals surface area (Å²) in [7, 11) is 1.89. The number of ether oxygens (including phenoxy) is 1. The Balaban J connectivity index is 2.13. The minimum absolute atomic E-state index is 0.177. The van der Waals surface area contributed by atoms with E-state index in [0.717, 1.165) is 24.8 Å². The Labute approximate surface area is 98.0 Å². The number of aryl methyl sites for hydroxylation is 1. The predicted molar refractivity (Wildman–Crippen MR) is 65.6 cm³/mol. The van der Waals surface area contributed by atoms with E-state index in [1.165, 1.54) is 6.42 Å². The standard InChI is InChI=1S/C12H23N3O/c1-10(2)5-6-13-7-11(3)16-12-8-14-15(4)9-12/h8-11,13H,5-7H2,1-4H3. The highest BCUT2D eigenvalue weighted by Crippen LogP contribution is 2.09. The molecule has 1 heterocycles. The van der Waals surface area contributed by atoms with Gasteiger partial charge in [0, 0.05) is 13.6 Å². The molecule has 4 nitrogen and oxygen atoms in total. The van der Waals surface area contributed by atoms with E-state index in [1.807, 2.05) is 13.2 Å². The molecule has 0 spiro atoms. The van der Waals surface area contributed by atoms with Crippen molar-refractivity contribution in [3.05, 3.63) is 12.4 Å². The molecule has 92 valence electrons. The van der Waals surface area contributed by atoms with Crippen molar-refractivity contribution < 1.29 is 4.74 Å². The van der Waals surface area contributed by atoms with Crippen LogP contribution in [-0.4, -0.2) is 29.0 Å². The molecule has 0 amide bonds. The lowest BCUT2D eigenvalue weighted by Crippen LogP contribution is -2.30. The van der Waals surface area contributed by atoms with E-state index in [4.69, 9.17) is 4.74 Å². The number of nitrogens with one attached hydrogen (secondary N) is 1. The minimum atomic E-state index is 0.177. The summed E-state index contributed by atoms with van der Waals surface area (Å²) in [6, 6.07) is 0. The van der Waals surface area contributed by atoms with Gasteiger partial charge in [-0.25, -0.2) is 0 Å². The maximum atomic E-state index is 5.70. The molecule has 0 aliphatic heterocycles. The normalized spacial score (nSPS) is 13.1. The van der Waals surface area contributed by atoms with Crippen LogP contribution < -0.4 is 10.1 Å². The van der Waals surface area contributed by atoms with Crippen LogP contribution in [0.4, 0.5) is 0 Å². The van der Waals surface area contributed by atoms with Crippen LogP contribution in [0.15, 0.2) is 12.4 Å². The molecule has 1 N–H and O–H groups in total.